The van der Waals surface area contributed by atoms with E-state index in [1.54, 1.807) is 0 Å². The highest BCUT2D eigenvalue weighted by Gasteiger charge is 2.12. The first-order valence-electron chi connectivity index (χ1n) is 5.14. The van der Waals surface area contributed by atoms with Gasteiger partial charge in [-0.05, 0) is 5.56 Å². The van der Waals surface area contributed by atoms with Crippen molar-refractivity contribution in [1.29, 1.82) is 0 Å². The Labute approximate surface area is 103 Å². The van der Waals surface area contributed by atoms with Crippen LogP contribution in [0, 0.1) is 0 Å². The summed E-state index contributed by atoms with van der Waals surface area (Å²) in [5, 5.41) is 0.732. The first-order valence-corrected chi connectivity index (χ1v) is 6.14. The van der Waals surface area contributed by atoms with Crippen LogP contribution in [0.5, 0.6) is 0 Å². The van der Waals surface area contributed by atoms with Crippen LogP contribution in [0.25, 0.3) is 5.20 Å². The van der Waals surface area contributed by atoms with Gasteiger partial charge >= 0.3 is 11.9 Å². The second kappa shape index (κ2) is 6.00. The first kappa shape index (κ1) is 13.2. The van der Waals surface area contributed by atoms with E-state index < -0.39 is 11.9 Å². The number of carbonyl (C=O) groups is 2. The third-order valence-corrected chi connectivity index (χ3v) is 2.97. The fourth-order valence-corrected chi connectivity index (χ4v) is 1.78. The Morgan fingerprint density at radius 2 is 1.47 bits per heavy atom. The molecule has 0 radical (unpaired) electrons. The highest BCUT2D eigenvalue weighted by atomic mass is 28.1. The fourth-order valence-electron chi connectivity index (χ4n) is 1.24. The fraction of sp³-hybridized carbons (Fsp3) is 0.167. The minimum Gasteiger partial charge on any atom is -0.393 e. The molecule has 0 saturated heterocycles. The highest BCUT2D eigenvalue weighted by Crippen LogP contribution is 2.17. The zero-order chi connectivity index (χ0) is 12.8. The molecule has 90 valence electrons. The van der Waals surface area contributed by atoms with Crippen molar-refractivity contribution in [3.8, 4) is 0 Å². The lowest BCUT2D eigenvalue weighted by molar-refractivity contribution is -0.150. The second-order valence-corrected chi connectivity index (χ2v) is 4.47. The van der Waals surface area contributed by atoms with Crippen LogP contribution < -0.4 is 0 Å². The number of carbonyl (C=O) groups excluding carboxylic acids is 2. The summed E-state index contributed by atoms with van der Waals surface area (Å²) in [6.45, 7) is 2.53. The van der Waals surface area contributed by atoms with Gasteiger partial charge in [0.2, 0.25) is 0 Å². The molecule has 0 spiro atoms. The third kappa shape index (κ3) is 4.24. The van der Waals surface area contributed by atoms with Gasteiger partial charge in [0.15, 0.2) is 0 Å². The minimum absolute atomic E-state index is 0.0112. The molecule has 0 saturated carbocycles. The molecule has 0 aromatic heterocycles. The van der Waals surface area contributed by atoms with Crippen molar-refractivity contribution in [1.82, 2.24) is 0 Å². The average Bonchev–Trinajstić information content (AvgIpc) is 2.27. The molecule has 0 fully saturated rings. The number of hydrogen-bond acceptors (Lipinski definition) is 4. The first-order chi connectivity index (χ1) is 8.00. The third-order valence-electron chi connectivity index (χ3n) is 1.99. The van der Waals surface area contributed by atoms with Crippen LogP contribution in [0.15, 0.2) is 36.3 Å². The molecule has 0 unspecified atom stereocenters. The quantitative estimate of drug-likeness (QED) is 0.452. The van der Waals surface area contributed by atoms with Crippen LogP contribution in [-0.2, 0) is 19.1 Å². The Bertz CT molecular complexity index is 433. The number of hydrogen-bond donors (Lipinski definition) is 0. The van der Waals surface area contributed by atoms with Gasteiger partial charge in [0, 0.05) is 29.3 Å². The van der Waals surface area contributed by atoms with Crippen molar-refractivity contribution in [2.75, 3.05) is 0 Å². The van der Waals surface area contributed by atoms with E-state index in [4.69, 9.17) is 9.47 Å². The molecule has 0 amide bonds. The monoisotopic (exact) mass is 250 g/mol. The Balaban J connectivity index is 3.08. The van der Waals surface area contributed by atoms with Gasteiger partial charge in [-0.1, -0.05) is 30.3 Å². The SMILES string of the molecule is CC(=O)OC(OC(C)=O)=C([SiH3])c1ccccc1. The largest absolute Gasteiger partial charge is 0.393 e. The summed E-state index contributed by atoms with van der Waals surface area (Å²) in [5.41, 5.74) is 0.886. The van der Waals surface area contributed by atoms with E-state index in [1.807, 2.05) is 30.3 Å². The van der Waals surface area contributed by atoms with Gasteiger partial charge in [-0.2, -0.15) is 0 Å². The molecule has 5 heteroatoms. The van der Waals surface area contributed by atoms with Crippen LogP contribution in [0.1, 0.15) is 19.4 Å². The average molecular weight is 250 g/mol. The van der Waals surface area contributed by atoms with Gasteiger partial charge in [-0.25, -0.2) is 0 Å². The maximum atomic E-state index is 10.9. The smallest absolute Gasteiger partial charge is 0.310 e. The number of rotatable bonds is 3. The molecule has 0 aliphatic heterocycles. The summed E-state index contributed by atoms with van der Waals surface area (Å²) in [6, 6.07) is 9.36. The van der Waals surface area contributed by atoms with Gasteiger partial charge in [-0.15, -0.1) is 0 Å². The van der Waals surface area contributed by atoms with Crippen molar-refractivity contribution < 1.29 is 19.1 Å². The van der Waals surface area contributed by atoms with Crippen molar-refractivity contribution in [3.05, 3.63) is 41.8 Å². The summed E-state index contributed by atoms with van der Waals surface area (Å²) in [5.74, 6) is -1.03. The summed E-state index contributed by atoms with van der Waals surface area (Å²) >= 11 is 0. The molecule has 0 atom stereocenters. The lowest BCUT2D eigenvalue weighted by Gasteiger charge is -2.10. The summed E-state index contributed by atoms with van der Waals surface area (Å²) in [6.07, 6.45) is 0. The van der Waals surface area contributed by atoms with Gasteiger partial charge < -0.3 is 9.47 Å². The van der Waals surface area contributed by atoms with Crippen molar-refractivity contribution >= 4 is 27.4 Å². The summed E-state index contributed by atoms with van der Waals surface area (Å²) < 4.78 is 9.82. The molecule has 0 N–H and O–H groups in total. The van der Waals surface area contributed by atoms with Crippen LogP contribution in [0.3, 0.4) is 0 Å². The molecular weight excluding hydrogens is 236 g/mol. The predicted octanol–water partition coefficient (Wildman–Crippen LogP) is 0.804. The normalized spacial score (nSPS) is 9.53. The van der Waals surface area contributed by atoms with Crippen LogP contribution in [0.4, 0.5) is 0 Å². The molecule has 1 aromatic carbocycles. The highest BCUT2D eigenvalue weighted by molar-refractivity contribution is 6.42. The number of esters is 2. The maximum Gasteiger partial charge on any atom is 0.310 e. The Hall–Kier alpha value is -1.88. The lowest BCUT2D eigenvalue weighted by Crippen LogP contribution is -2.09. The van der Waals surface area contributed by atoms with E-state index in [2.05, 4.69) is 0 Å². The number of ether oxygens (including phenoxy) is 2. The maximum absolute atomic E-state index is 10.9. The molecule has 4 nitrogen and oxygen atoms in total. The summed E-state index contributed by atoms with van der Waals surface area (Å²) in [4.78, 5) is 21.9. The Morgan fingerprint density at radius 3 is 1.88 bits per heavy atom. The molecule has 1 aromatic rings. The van der Waals surface area contributed by atoms with E-state index >= 15 is 0 Å². The zero-order valence-corrected chi connectivity index (χ0v) is 12.0. The van der Waals surface area contributed by atoms with Gasteiger partial charge in [0.1, 0.15) is 0 Å². The van der Waals surface area contributed by atoms with Gasteiger partial charge in [0.25, 0.3) is 5.95 Å². The molecule has 0 aliphatic rings. The Morgan fingerprint density at radius 1 is 1.00 bits per heavy atom. The minimum atomic E-state index is -0.509. The van der Waals surface area contributed by atoms with Gasteiger partial charge in [0.05, 0.1) is 0 Å². The Kier molecular flexibility index (Phi) is 4.65. The van der Waals surface area contributed by atoms with Crippen LogP contribution in [0.2, 0.25) is 0 Å². The van der Waals surface area contributed by atoms with Crippen LogP contribution >= 0.6 is 0 Å². The predicted molar refractivity (Wildman–Crippen MR) is 66.8 cm³/mol. The second-order valence-electron chi connectivity index (χ2n) is 3.47. The summed E-state index contributed by atoms with van der Waals surface area (Å²) in [7, 11) is 0.596. The van der Waals surface area contributed by atoms with Crippen molar-refractivity contribution in [2.45, 2.75) is 13.8 Å². The van der Waals surface area contributed by atoms with Crippen molar-refractivity contribution in [2.24, 2.45) is 0 Å². The standard InChI is InChI=1S/C12H14O4Si/c1-8(13)15-12(16-9(2)14)11(17)10-6-4-3-5-7-10/h3-7H,1-2,17H3. The van der Waals surface area contributed by atoms with E-state index in [-0.39, 0.29) is 5.95 Å². The van der Waals surface area contributed by atoms with E-state index in [0.29, 0.717) is 10.2 Å². The van der Waals surface area contributed by atoms with Crippen molar-refractivity contribution in [3.63, 3.8) is 0 Å². The zero-order valence-electron chi connectivity index (χ0n) is 10.0. The van der Waals surface area contributed by atoms with E-state index in [1.165, 1.54) is 13.8 Å². The molecule has 0 aliphatic carbocycles. The van der Waals surface area contributed by atoms with Gasteiger partial charge in [-0.3, -0.25) is 9.59 Å². The molecule has 17 heavy (non-hydrogen) atoms. The van der Waals surface area contributed by atoms with E-state index in [0.717, 1.165) is 10.8 Å². The molecule has 0 heterocycles. The molecule has 0 bridgehead atoms. The lowest BCUT2D eigenvalue weighted by atomic mass is 10.2. The van der Waals surface area contributed by atoms with Crippen LogP contribution in [-0.4, -0.2) is 22.2 Å². The molecule has 1 rings (SSSR count). The molecular formula is C12H14O4Si. The van der Waals surface area contributed by atoms with E-state index in [9.17, 15) is 9.59 Å². The topological polar surface area (TPSA) is 52.6 Å². The number of benzene rings is 1.